The van der Waals surface area contributed by atoms with Crippen molar-refractivity contribution >= 4 is 17.5 Å². The summed E-state index contributed by atoms with van der Waals surface area (Å²) >= 11 is 6.15. The van der Waals surface area contributed by atoms with Crippen molar-refractivity contribution in [3.05, 3.63) is 47.2 Å². The van der Waals surface area contributed by atoms with Crippen LogP contribution in [0.2, 0.25) is 5.02 Å². The molecule has 4 nitrogen and oxygen atoms in total. The highest BCUT2D eigenvalue weighted by Crippen LogP contribution is 2.28. The summed E-state index contributed by atoms with van der Waals surface area (Å²) in [6.45, 7) is 8.78. The molecular formula is C18H23ClN2O2. The average Bonchev–Trinajstić information content (AvgIpc) is 3.01. The largest absolute Gasteiger partial charge is 0.451 e. The van der Waals surface area contributed by atoms with Crippen molar-refractivity contribution in [1.82, 2.24) is 10.2 Å². The van der Waals surface area contributed by atoms with Gasteiger partial charge in [-0.25, -0.2) is 0 Å². The van der Waals surface area contributed by atoms with E-state index in [9.17, 15) is 4.79 Å². The van der Waals surface area contributed by atoms with Gasteiger partial charge in [-0.05, 0) is 44.7 Å². The molecule has 5 heteroatoms. The molecular weight excluding hydrogens is 312 g/mol. The first-order valence-corrected chi connectivity index (χ1v) is 8.27. The molecule has 0 aliphatic rings. The van der Waals surface area contributed by atoms with Crippen molar-refractivity contribution in [2.24, 2.45) is 0 Å². The Morgan fingerprint density at radius 3 is 2.65 bits per heavy atom. The Bertz CT molecular complexity index is 652. The fraction of sp³-hybridized carbons (Fsp3) is 0.389. The molecule has 0 saturated heterocycles. The van der Waals surface area contributed by atoms with Gasteiger partial charge in [0.2, 0.25) is 0 Å². The number of halogens is 1. The van der Waals surface area contributed by atoms with E-state index >= 15 is 0 Å². The molecule has 2 aromatic rings. The van der Waals surface area contributed by atoms with E-state index in [1.165, 1.54) is 0 Å². The lowest BCUT2D eigenvalue weighted by Crippen LogP contribution is -2.38. The quantitative estimate of drug-likeness (QED) is 0.830. The van der Waals surface area contributed by atoms with Crippen molar-refractivity contribution in [2.45, 2.75) is 26.8 Å². The van der Waals surface area contributed by atoms with E-state index in [2.05, 4.69) is 31.0 Å². The standard InChI is InChI=1S/C18H23ClN2O2/c1-4-21(13(2)3)12-11-20-18(22)17-10-9-16(23-17)14-7-5-6-8-15(14)19/h5-10,13H,4,11-12H2,1-3H3,(H,20,22). The van der Waals surface area contributed by atoms with Crippen molar-refractivity contribution in [1.29, 1.82) is 0 Å². The highest BCUT2D eigenvalue weighted by atomic mass is 35.5. The molecule has 1 aromatic heterocycles. The number of amides is 1. The van der Waals surface area contributed by atoms with Gasteiger partial charge in [-0.1, -0.05) is 30.7 Å². The number of furan rings is 1. The summed E-state index contributed by atoms with van der Waals surface area (Å²) in [5.74, 6) is 0.689. The van der Waals surface area contributed by atoms with Gasteiger partial charge in [0.1, 0.15) is 5.76 Å². The van der Waals surface area contributed by atoms with E-state index in [0.29, 0.717) is 29.1 Å². The summed E-state index contributed by atoms with van der Waals surface area (Å²) in [6, 6.07) is 11.3. The van der Waals surface area contributed by atoms with Crippen molar-refractivity contribution in [3.63, 3.8) is 0 Å². The van der Waals surface area contributed by atoms with E-state index in [-0.39, 0.29) is 5.91 Å². The van der Waals surface area contributed by atoms with Crippen LogP contribution in [0, 0.1) is 0 Å². The molecule has 0 spiro atoms. The number of nitrogens with one attached hydrogen (secondary N) is 1. The second kappa shape index (κ2) is 8.18. The van der Waals surface area contributed by atoms with Gasteiger partial charge in [0.15, 0.2) is 5.76 Å². The third-order valence-electron chi connectivity index (χ3n) is 3.79. The summed E-state index contributed by atoms with van der Waals surface area (Å²) in [5, 5.41) is 3.49. The number of likely N-dealkylation sites (N-methyl/N-ethyl adjacent to an activating group) is 1. The average molecular weight is 335 g/mol. The first-order valence-electron chi connectivity index (χ1n) is 7.90. The zero-order chi connectivity index (χ0) is 16.8. The second-order valence-corrected chi connectivity index (χ2v) is 6.03. The van der Waals surface area contributed by atoms with E-state index in [0.717, 1.165) is 18.7 Å². The Morgan fingerprint density at radius 1 is 1.26 bits per heavy atom. The first kappa shape index (κ1) is 17.6. The topological polar surface area (TPSA) is 45.5 Å². The maximum Gasteiger partial charge on any atom is 0.287 e. The van der Waals surface area contributed by atoms with Crippen LogP contribution in [0.25, 0.3) is 11.3 Å². The molecule has 1 heterocycles. The Kier molecular flexibility index (Phi) is 6.25. The number of carbonyl (C=O) groups is 1. The monoisotopic (exact) mass is 334 g/mol. The van der Waals surface area contributed by atoms with Gasteiger partial charge < -0.3 is 9.73 Å². The van der Waals surface area contributed by atoms with Crippen LogP contribution >= 0.6 is 11.6 Å². The lowest BCUT2D eigenvalue weighted by atomic mass is 10.2. The van der Waals surface area contributed by atoms with E-state index in [1.54, 1.807) is 18.2 Å². The molecule has 0 unspecified atom stereocenters. The smallest absolute Gasteiger partial charge is 0.287 e. The van der Waals surface area contributed by atoms with Gasteiger partial charge in [0.05, 0.1) is 5.02 Å². The van der Waals surface area contributed by atoms with Crippen LogP contribution in [0.5, 0.6) is 0 Å². The van der Waals surface area contributed by atoms with Crippen LogP contribution in [0.15, 0.2) is 40.8 Å². The summed E-state index contributed by atoms with van der Waals surface area (Å²) in [7, 11) is 0. The molecule has 0 atom stereocenters. The van der Waals surface area contributed by atoms with Crippen molar-refractivity contribution in [3.8, 4) is 11.3 Å². The maximum atomic E-state index is 12.2. The van der Waals surface area contributed by atoms with Gasteiger partial charge in [-0.3, -0.25) is 9.69 Å². The molecule has 0 fully saturated rings. The molecule has 1 amide bonds. The fourth-order valence-electron chi connectivity index (χ4n) is 2.45. The molecule has 0 bridgehead atoms. The SMILES string of the molecule is CCN(CCNC(=O)c1ccc(-c2ccccc2Cl)o1)C(C)C. The Morgan fingerprint density at radius 2 is 2.00 bits per heavy atom. The van der Waals surface area contributed by atoms with E-state index in [4.69, 9.17) is 16.0 Å². The maximum absolute atomic E-state index is 12.2. The third kappa shape index (κ3) is 4.60. The zero-order valence-corrected chi connectivity index (χ0v) is 14.6. The predicted molar refractivity (Wildman–Crippen MR) is 93.9 cm³/mol. The molecule has 0 aliphatic carbocycles. The minimum atomic E-state index is -0.205. The van der Waals surface area contributed by atoms with Gasteiger partial charge in [0, 0.05) is 24.7 Å². The number of hydrogen-bond acceptors (Lipinski definition) is 3. The number of carbonyl (C=O) groups excluding carboxylic acids is 1. The highest BCUT2D eigenvalue weighted by molar-refractivity contribution is 6.33. The molecule has 0 radical (unpaired) electrons. The third-order valence-corrected chi connectivity index (χ3v) is 4.12. The normalized spacial score (nSPS) is 11.2. The fourth-order valence-corrected chi connectivity index (χ4v) is 2.68. The molecule has 0 saturated carbocycles. The summed E-state index contributed by atoms with van der Waals surface area (Å²) in [6.07, 6.45) is 0. The number of nitrogens with zero attached hydrogens (tertiary/aromatic N) is 1. The second-order valence-electron chi connectivity index (χ2n) is 5.62. The van der Waals surface area contributed by atoms with Gasteiger partial charge in [-0.2, -0.15) is 0 Å². The number of benzene rings is 1. The first-order chi connectivity index (χ1) is 11.0. The predicted octanol–water partition coefficient (Wildman–Crippen LogP) is 4.06. The zero-order valence-electron chi connectivity index (χ0n) is 13.8. The van der Waals surface area contributed by atoms with Crippen LogP contribution in [-0.4, -0.2) is 36.5 Å². The van der Waals surface area contributed by atoms with Crippen LogP contribution in [0.4, 0.5) is 0 Å². The summed E-state index contributed by atoms with van der Waals surface area (Å²) in [5.41, 5.74) is 0.783. The Balaban J connectivity index is 1.95. The van der Waals surface area contributed by atoms with Crippen LogP contribution in [0.1, 0.15) is 31.3 Å². The van der Waals surface area contributed by atoms with Crippen molar-refractivity contribution < 1.29 is 9.21 Å². The number of rotatable bonds is 7. The molecule has 0 aliphatic heterocycles. The van der Waals surface area contributed by atoms with Gasteiger partial charge in [-0.15, -0.1) is 0 Å². The Labute approximate surface area is 142 Å². The van der Waals surface area contributed by atoms with Gasteiger partial charge in [0.25, 0.3) is 5.91 Å². The lowest BCUT2D eigenvalue weighted by molar-refractivity contribution is 0.0919. The van der Waals surface area contributed by atoms with Gasteiger partial charge >= 0.3 is 0 Å². The molecule has 23 heavy (non-hydrogen) atoms. The van der Waals surface area contributed by atoms with Crippen LogP contribution in [-0.2, 0) is 0 Å². The van der Waals surface area contributed by atoms with Crippen molar-refractivity contribution in [2.75, 3.05) is 19.6 Å². The minimum Gasteiger partial charge on any atom is -0.451 e. The lowest BCUT2D eigenvalue weighted by Gasteiger charge is -2.24. The van der Waals surface area contributed by atoms with Crippen LogP contribution < -0.4 is 5.32 Å². The molecule has 1 N–H and O–H groups in total. The molecule has 1 aromatic carbocycles. The minimum absolute atomic E-state index is 0.205. The van der Waals surface area contributed by atoms with Crippen LogP contribution in [0.3, 0.4) is 0 Å². The van der Waals surface area contributed by atoms with E-state index in [1.807, 2.05) is 18.2 Å². The summed E-state index contributed by atoms with van der Waals surface area (Å²) < 4.78 is 5.63. The Hall–Kier alpha value is -1.78. The molecule has 2 rings (SSSR count). The highest BCUT2D eigenvalue weighted by Gasteiger charge is 2.14. The number of hydrogen-bond donors (Lipinski definition) is 1. The van der Waals surface area contributed by atoms with E-state index < -0.39 is 0 Å². The molecule has 124 valence electrons. The summed E-state index contributed by atoms with van der Waals surface area (Å²) in [4.78, 5) is 14.4.